The Hall–Kier alpha value is -4.48. The smallest absolute Gasteiger partial charge is 0.257 e. The molecule has 11 heteroatoms. The number of fused-ring (bicyclic) bond motifs is 2. The summed E-state index contributed by atoms with van der Waals surface area (Å²) >= 11 is 0. The Bertz CT molecular complexity index is 1780. The SMILES string of the molecule is COc1cc(-c2nn(C3CCC(N4CCN(C)CC4)CC3)c3ncnc(N)c23)ccc1NC(=O)c1c[nH]c2ccccc12. The van der Waals surface area contributed by atoms with Crippen molar-refractivity contribution in [3.05, 3.63) is 60.6 Å². The summed E-state index contributed by atoms with van der Waals surface area (Å²) in [6.07, 6.45) is 7.60. The third kappa shape index (κ3) is 5.08. The van der Waals surface area contributed by atoms with Crippen molar-refractivity contribution in [2.45, 2.75) is 37.8 Å². The number of carbonyl (C=O) groups is 1. The van der Waals surface area contributed by atoms with Gasteiger partial charge in [0.15, 0.2) is 5.65 Å². The van der Waals surface area contributed by atoms with Crippen LogP contribution in [0.2, 0.25) is 0 Å². The molecule has 0 unspecified atom stereocenters. The van der Waals surface area contributed by atoms with Crippen LogP contribution in [0.4, 0.5) is 11.5 Å². The Morgan fingerprint density at radius 3 is 2.58 bits per heavy atom. The molecule has 0 bridgehead atoms. The van der Waals surface area contributed by atoms with Gasteiger partial charge < -0.3 is 25.7 Å². The lowest BCUT2D eigenvalue weighted by Gasteiger charge is -2.41. The van der Waals surface area contributed by atoms with Crippen molar-refractivity contribution in [2.75, 3.05) is 51.4 Å². The molecule has 11 nitrogen and oxygen atoms in total. The number of aromatic amines is 1. The van der Waals surface area contributed by atoms with Gasteiger partial charge in [-0.25, -0.2) is 14.6 Å². The van der Waals surface area contributed by atoms with Gasteiger partial charge in [0.1, 0.15) is 23.6 Å². The van der Waals surface area contributed by atoms with E-state index in [1.165, 1.54) is 6.33 Å². The predicted molar refractivity (Wildman–Crippen MR) is 168 cm³/mol. The number of amides is 1. The van der Waals surface area contributed by atoms with E-state index in [9.17, 15) is 4.79 Å². The van der Waals surface area contributed by atoms with Crippen molar-refractivity contribution in [3.8, 4) is 17.0 Å². The van der Waals surface area contributed by atoms with E-state index < -0.39 is 0 Å². The maximum atomic E-state index is 13.2. The monoisotopic (exact) mass is 579 g/mol. The number of benzene rings is 2. The van der Waals surface area contributed by atoms with Crippen molar-refractivity contribution in [2.24, 2.45) is 0 Å². The minimum absolute atomic E-state index is 0.219. The molecule has 0 spiro atoms. The Labute approximate surface area is 250 Å². The molecule has 1 amide bonds. The number of nitrogens with zero attached hydrogens (tertiary/aromatic N) is 6. The fraction of sp³-hybridized carbons (Fsp3) is 0.375. The lowest BCUT2D eigenvalue weighted by Crippen LogP contribution is -2.49. The van der Waals surface area contributed by atoms with Gasteiger partial charge in [-0.3, -0.25) is 9.69 Å². The molecular formula is C32H37N9O2. The van der Waals surface area contributed by atoms with Crippen LogP contribution in [0.15, 0.2) is 55.0 Å². The lowest BCUT2D eigenvalue weighted by molar-refractivity contribution is 0.0815. The number of nitrogens with one attached hydrogen (secondary N) is 2. The third-order valence-corrected chi connectivity index (χ3v) is 9.14. The molecule has 1 saturated carbocycles. The summed E-state index contributed by atoms with van der Waals surface area (Å²) in [5.41, 5.74) is 10.7. The molecule has 1 aliphatic carbocycles. The quantitative estimate of drug-likeness (QED) is 0.267. The molecule has 2 fully saturated rings. The van der Waals surface area contributed by atoms with Gasteiger partial charge in [-0.15, -0.1) is 0 Å². The van der Waals surface area contributed by atoms with Gasteiger partial charge in [-0.05, 0) is 50.9 Å². The zero-order valence-electron chi connectivity index (χ0n) is 24.6. The lowest BCUT2D eigenvalue weighted by atomic mass is 9.90. The van der Waals surface area contributed by atoms with Crippen LogP contribution in [0.1, 0.15) is 42.1 Å². The molecule has 222 valence electrons. The minimum Gasteiger partial charge on any atom is -0.495 e. The number of anilines is 2. The van der Waals surface area contributed by atoms with Crippen molar-refractivity contribution in [1.82, 2.24) is 34.5 Å². The van der Waals surface area contributed by atoms with Gasteiger partial charge in [0.2, 0.25) is 0 Å². The molecule has 2 aliphatic rings. The number of carbonyl (C=O) groups excluding carboxylic acids is 1. The molecule has 4 heterocycles. The number of hydrogen-bond donors (Lipinski definition) is 3. The molecule has 7 rings (SSSR count). The summed E-state index contributed by atoms with van der Waals surface area (Å²) < 4.78 is 7.79. The third-order valence-electron chi connectivity index (χ3n) is 9.14. The summed E-state index contributed by atoms with van der Waals surface area (Å²) in [6, 6.07) is 14.2. The second kappa shape index (κ2) is 11.3. The van der Waals surface area contributed by atoms with Crippen LogP contribution in [-0.4, -0.2) is 86.8 Å². The van der Waals surface area contributed by atoms with Crippen LogP contribution in [-0.2, 0) is 0 Å². The zero-order chi connectivity index (χ0) is 29.5. The number of rotatable bonds is 6. The Balaban J connectivity index is 1.15. The Morgan fingerprint density at radius 1 is 1.02 bits per heavy atom. The number of aromatic nitrogens is 5. The van der Waals surface area contributed by atoms with Gasteiger partial charge in [-0.2, -0.15) is 5.10 Å². The van der Waals surface area contributed by atoms with Crippen molar-refractivity contribution in [1.29, 1.82) is 0 Å². The van der Waals surface area contributed by atoms with Crippen LogP contribution < -0.4 is 15.8 Å². The first kappa shape index (κ1) is 27.4. The highest BCUT2D eigenvalue weighted by Gasteiger charge is 2.31. The standard InChI is InChI=1S/C32H37N9O2/c1-39-13-15-40(16-14-39)21-8-10-22(11-9-21)41-31-28(30(33)35-19-36-31)29(38-41)20-7-12-26(27(17-20)43-2)37-32(42)24-18-34-25-6-4-3-5-23(24)25/h3-7,12,17-19,21-22,34H,8-11,13-16H2,1-2H3,(H,37,42)(H2,33,35,36). The van der Waals surface area contributed by atoms with E-state index in [4.69, 9.17) is 15.6 Å². The molecule has 1 aliphatic heterocycles. The summed E-state index contributed by atoms with van der Waals surface area (Å²) in [4.78, 5) is 30.4. The largest absolute Gasteiger partial charge is 0.495 e. The first-order valence-electron chi connectivity index (χ1n) is 15.0. The van der Waals surface area contributed by atoms with Crippen molar-refractivity contribution in [3.63, 3.8) is 0 Å². The first-order chi connectivity index (χ1) is 21.0. The number of ether oxygens (including phenoxy) is 1. The fourth-order valence-corrected chi connectivity index (χ4v) is 6.70. The Kier molecular flexibility index (Phi) is 7.20. The summed E-state index contributed by atoms with van der Waals surface area (Å²) in [7, 11) is 3.79. The highest BCUT2D eigenvalue weighted by atomic mass is 16.5. The Morgan fingerprint density at radius 2 is 1.79 bits per heavy atom. The van der Waals surface area contributed by atoms with Crippen LogP contribution in [0.3, 0.4) is 0 Å². The van der Waals surface area contributed by atoms with Gasteiger partial charge in [-0.1, -0.05) is 24.3 Å². The molecule has 43 heavy (non-hydrogen) atoms. The molecule has 2 aromatic carbocycles. The molecule has 0 atom stereocenters. The number of nitrogens with two attached hydrogens (primary N) is 1. The minimum atomic E-state index is -0.219. The topological polar surface area (TPSA) is 130 Å². The maximum Gasteiger partial charge on any atom is 0.257 e. The summed E-state index contributed by atoms with van der Waals surface area (Å²) in [5.74, 6) is 0.701. The summed E-state index contributed by atoms with van der Waals surface area (Å²) in [5, 5.41) is 9.71. The number of hydrogen-bond acceptors (Lipinski definition) is 8. The van der Waals surface area contributed by atoms with Gasteiger partial charge in [0.25, 0.3) is 5.91 Å². The van der Waals surface area contributed by atoms with Gasteiger partial charge in [0.05, 0.1) is 29.8 Å². The average Bonchev–Trinajstić information content (AvgIpc) is 3.65. The van der Waals surface area contributed by atoms with Gasteiger partial charge >= 0.3 is 0 Å². The van der Waals surface area contributed by atoms with E-state index in [1.54, 1.807) is 13.3 Å². The number of piperazine rings is 1. The van der Waals surface area contributed by atoms with Crippen LogP contribution in [0.5, 0.6) is 5.75 Å². The second-order valence-electron chi connectivity index (χ2n) is 11.7. The first-order valence-corrected chi connectivity index (χ1v) is 15.0. The highest BCUT2D eigenvalue weighted by molar-refractivity contribution is 6.13. The zero-order valence-corrected chi connectivity index (χ0v) is 24.6. The number of para-hydroxylation sites is 1. The molecule has 3 aromatic heterocycles. The normalized spacial score (nSPS) is 20.0. The van der Waals surface area contributed by atoms with Crippen molar-refractivity contribution < 1.29 is 9.53 Å². The molecule has 5 aromatic rings. The number of likely N-dealkylation sites (N-methyl/N-ethyl adjacent to an activating group) is 1. The fourth-order valence-electron chi connectivity index (χ4n) is 6.70. The van der Waals surface area contributed by atoms with Crippen LogP contribution in [0.25, 0.3) is 33.2 Å². The van der Waals surface area contributed by atoms with Crippen LogP contribution in [0, 0.1) is 0 Å². The van der Waals surface area contributed by atoms with E-state index in [2.05, 4.69) is 41.8 Å². The highest BCUT2D eigenvalue weighted by Crippen LogP contribution is 2.39. The van der Waals surface area contributed by atoms with Crippen molar-refractivity contribution >= 4 is 39.3 Å². The number of nitrogen functional groups attached to an aromatic ring is 1. The van der Waals surface area contributed by atoms with E-state index in [-0.39, 0.29) is 11.9 Å². The number of methoxy groups -OCH3 is 1. The van der Waals surface area contributed by atoms with E-state index >= 15 is 0 Å². The van der Waals surface area contributed by atoms with E-state index in [0.717, 1.165) is 79.4 Å². The van der Waals surface area contributed by atoms with E-state index in [0.29, 0.717) is 34.6 Å². The van der Waals surface area contributed by atoms with E-state index in [1.807, 2.05) is 42.5 Å². The van der Waals surface area contributed by atoms with Crippen LogP contribution >= 0.6 is 0 Å². The molecule has 4 N–H and O–H groups in total. The molecular weight excluding hydrogens is 542 g/mol. The number of H-pyrrole nitrogens is 1. The van der Waals surface area contributed by atoms with Gasteiger partial charge in [0, 0.05) is 54.9 Å². The second-order valence-corrected chi connectivity index (χ2v) is 11.7. The predicted octanol–water partition coefficient (Wildman–Crippen LogP) is 4.55. The molecule has 0 radical (unpaired) electrons. The average molecular weight is 580 g/mol. The maximum absolute atomic E-state index is 13.2. The summed E-state index contributed by atoms with van der Waals surface area (Å²) in [6.45, 7) is 4.56. The molecule has 1 saturated heterocycles.